The number of para-hydroxylation sites is 1. The van der Waals surface area contributed by atoms with Crippen LogP contribution in [0.4, 0.5) is 13.2 Å². The first-order chi connectivity index (χ1) is 13.1. The van der Waals surface area contributed by atoms with Crippen molar-refractivity contribution < 1.29 is 27.4 Å². The largest absolute Gasteiger partial charge is 0.475 e. The minimum atomic E-state index is -4.63. The molecule has 2 aromatic carbocycles. The van der Waals surface area contributed by atoms with E-state index in [0.717, 1.165) is 31.0 Å². The van der Waals surface area contributed by atoms with Crippen LogP contribution in [0.15, 0.2) is 48.5 Å². The molecule has 6 heteroatoms. The van der Waals surface area contributed by atoms with Gasteiger partial charge in [0, 0.05) is 5.92 Å². The van der Waals surface area contributed by atoms with E-state index in [0.29, 0.717) is 5.75 Å². The third kappa shape index (κ3) is 5.29. The van der Waals surface area contributed by atoms with E-state index in [1.54, 1.807) is 44.2 Å². The van der Waals surface area contributed by atoms with E-state index in [9.17, 15) is 18.0 Å². The van der Waals surface area contributed by atoms with Gasteiger partial charge in [-0.3, -0.25) is 0 Å². The lowest BCUT2D eigenvalue weighted by molar-refractivity contribution is -0.139. The van der Waals surface area contributed by atoms with Crippen LogP contribution in [-0.4, -0.2) is 11.6 Å². The molecule has 0 saturated heterocycles. The lowest BCUT2D eigenvalue weighted by atomic mass is 10.1. The van der Waals surface area contributed by atoms with Crippen molar-refractivity contribution in [3.8, 4) is 23.3 Å². The van der Waals surface area contributed by atoms with Crippen molar-refractivity contribution in [1.82, 2.24) is 0 Å². The summed E-state index contributed by atoms with van der Waals surface area (Å²) in [4.78, 5) is 12.3. The summed E-state index contributed by atoms with van der Waals surface area (Å²) in [5.74, 6) is 5.24. The van der Waals surface area contributed by atoms with Gasteiger partial charge < -0.3 is 9.47 Å². The summed E-state index contributed by atoms with van der Waals surface area (Å²) >= 11 is 0. The molecule has 146 valence electrons. The smallest absolute Gasteiger partial charge is 0.419 e. The first kappa shape index (κ1) is 19.8. The van der Waals surface area contributed by atoms with Crippen LogP contribution in [0, 0.1) is 17.8 Å². The van der Waals surface area contributed by atoms with Gasteiger partial charge in [-0.15, -0.1) is 0 Å². The van der Waals surface area contributed by atoms with Gasteiger partial charge in [0.05, 0.1) is 11.1 Å². The molecule has 28 heavy (non-hydrogen) atoms. The molecule has 0 aromatic heterocycles. The second-order valence-corrected chi connectivity index (χ2v) is 7.07. The lowest BCUT2D eigenvalue weighted by Crippen LogP contribution is -2.27. The van der Waals surface area contributed by atoms with E-state index in [-0.39, 0.29) is 11.5 Å². The Bertz CT molecular complexity index is 918. The van der Waals surface area contributed by atoms with Crippen molar-refractivity contribution in [2.45, 2.75) is 38.5 Å². The Labute approximate surface area is 161 Å². The highest BCUT2D eigenvalue weighted by Gasteiger charge is 2.36. The highest BCUT2D eigenvalue weighted by Crippen LogP contribution is 2.38. The number of esters is 1. The van der Waals surface area contributed by atoms with E-state index >= 15 is 0 Å². The molecule has 1 aliphatic carbocycles. The van der Waals surface area contributed by atoms with Gasteiger partial charge in [0.15, 0.2) is 5.60 Å². The lowest BCUT2D eigenvalue weighted by Gasteiger charge is -2.23. The molecule has 3 rings (SSSR count). The van der Waals surface area contributed by atoms with Gasteiger partial charge in [-0.2, -0.15) is 13.2 Å². The topological polar surface area (TPSA) is 35.5 Å². The molecular formula is C22H19F3O3. The Balaban J connectivity index is 1.88. The maximum absolute atomic E-state index is 13.4. The molecule has 3 nitrogen and oxygen atoms in total. The minimum absolute atomic E-state index is 0.0437. The van der Waals surface area contributed by atoms with Gasteiger partial charge in [-0.25, -0.2) is 4.79 Å². The van der Waals surface area contributed by atoms with Crippen LogP contribution in [0.3, 0.4) is 0 Å². The summed E-state index contributed by atoms with van der Waals surface area (Å²) in [5.41, 5.74) is -2.15. The third-order valence-corrected chi connectivity index (χ3v) is 4.00. The summed E-state index contributed by atoms with van der Waals surface area (Å²) in [6.07, 6.45) is -2.63. The van der Waals surface area contributed by atoms with Gasteiger partial charge in [-0.1, -0.05) is 30.0 Å². The molecule has 1 saturated carbocycles. The molecule has 0 unspecified atom stereocenters. The number of carbonyl (C=O) groups is 1. The van der Waals surface area contributed by atoms with Crippen LogP contribution < -0.4 is 9.47 Å². The summed E-state index contributed by atoms with van der Waals surface area (Å²) in [6, 6.07) is 11.2. The molecule has 0 radical (unpaired) electrons. The van der Waals surface area contributed by atoms with Gasteiger partial charge in [-0.05, 0) is 57.0 Å². The van der Waals surface area contributed by atoms with Gasteiger partial charge >= 0.3 is 12.1 Å². The second kappa shape index (κ2) is 7.59. The molecule has 0 heterocycles. The van der Waals surface area contributed by atoms with Crippen LogP contribution in [-0.2, 0) is 6.18 Å². The van der Waals surface area contributed by atoms with Crippen LogP contribution in [0.2, 0.25) is 0 Å². The number of ether oxygens (including phenoxy) is 2. The zero-order valence-corrected chi connectivity index (χ0v) is 15.5. The number of halogens is 3. The standard InChI is InChI=1S/C22H19F3O3/c1-21(2,13-12-15-8-9-15)28-19-14-16(10-11-18(19)22(23,24)25)20(26)27-17-6-4-3-5-7-17/h3-7,10-11,14-15H,8-9H2,1-2H3. The highest BCUT2D eigenvalue weighted by molar-refractivity contribution is 5.91. The van der Waals surface area contributed by atoms with E-state index in [4.69, 9.17) is 9.47 Å². The first-order valence-electron chi connectivity index (χ1n) is 8.84. The Morgan fingerprint density at radius 1 is 1.07 bits per heavy atom. The Morgan fingerprint density at radius 3 is 2.36 bits per heavy atom. The zero-order valence-electron chi connectivity index (χ0n) is 15.5. The molecule has 1 aliphatic rings. The fourth-order valence-electron chi connectivity index (χ4n) is 2.43. The zero-order chi connectivity index (χ0) is 20.4. The maximum Gasteiger partial charge on any atom is 0.419 e. The van der Waals surface area contributed by atoms with Crippen molar-refractivity contribution in [3.05, 3.63) is 59.7 Å². The summed E-state index contributed by atoms with van der Waals surface area (Å²) in [6.45, 7) is 3.19. The summed E-state index contributed by atoms with van der Waals surface area (Å²) in [7, 11) is 0. The number of hydrogen-bond acceptors (Lipinski definition) is 3. The fraction of sp³-hybridized carbons (Fsp3) is 0.318. The second-order valence-electron chi connectivity index (χ2n) is 7.07. The molecule has 0 N–H and O–H groups in total. The monoisotopic (exact) mass is 388 g/mol. The summed E-state index contributed by atoms with van der Waals surface area (Å²) in [5, 5.41) is 0. The molecule has 2 aromatic rings. The van der Waals surface area contributed by atoms with Gasteiger partial charge in [0.1, 0.15) is 11.5 Å². The van der Waals surface area contributed by atoms with Crippen LogP contribution >= 0.6 is 0 Å². The molecule has 0 spiro atoms. The van der Waals surface area contributed by atoms with Crippen molar-refractivity contribution in [2.24, 2.45) is 5.92 Å². The molecular weight excluding hydrogens is 369 g/mol. The predicted molar refractivity (Wildman–Crippen MR) is 98.1 cm³/mol. The van der Waals surface area contributed by atoms with Crippen molar-refractivity contribution in [3.63, 3.8) is 0 Å². The van der Waals surface area contributed by atoms with Gasteiger partial charge in [0.25, 0.3) is 0 Å². The SMILES string of the molecule is CC(C)(C#CC1CC1)Oc1cc(C(=O)Oc2ccccc2)ccc1C(F)(F)F. The number of carbonyl (C=O) groups excluding carboxylic acids is 1. The predicted octanol–water partition coefficient (Wildman–Crippen LogP) is 5.50. The fourth-order valence-corrected chi connectivity index (χ4v) is 2.43. The van der Waals surface area contributed by atoms with Gasteiger partial charge in [0.2, 0.25) is 0 Å². The first-order valence-corrected chi connectivity index (χ1v) is 8.84. The van der Waals surface area contributed by atoms with E-state index in [1.165, 1.54) is 0 Å². The Hall–Kier alpha value is -2.94. The number of benzene rings is 2. The number of rotatable bonds is 4. The Kier molecular flexibility index (Phi) is 5.37. The average Bonchev–Trinajstić information content (AvgIpc) is 3.44. The Morgan fingerprint density at radius 2 is 1.75 bits per heavy atom. The minimum Gasteiger partial charge on any atom is -0.475 e. The molecule has 0 aliphatic heterocycles. The van der Waals surface area contributed by atoms with Crippen LogP contribution in [0.1, 0.15) is 42.6 Å². The average molecular weight is 388 g/mol. The van der Waals surface area contributed by atoms with Crippen molar-refractivity contribution >= 4 is 5.97 Å². The number of alkyl halides is 3. The third-order valence-electron chi connectivity index (χ3n) is 4.00. The van der Waals surface area contributed by atoms with Crippen molar-refractivity contribution in [2.75, 3.05) is 0 Å². The van der Waals surface area contributed by atoms with Crippen LogP contribution in [0.25, 0.3) is 0 Å². The molecule has 0 atom stereocenters. The molecule has 0 bridgehead atoms. The molecule has 0 amide bonds. The van der Waals surface area contributed by atoms with E-state index in [1.807, 2.05) is 0 Å². The number of hydrogen-bond donors (Lipinski definition) is 0. The quantitative estimate of drug-likeness (QED) is 0.394. The van der Waals surface area contributed by atoms with E-state index < -0.39 is 29.1 Å². The van der Waals surface area contributed by atoms with Crippen LogP contribution in [0.5, 0.6) is 11.5 Å². The normalized spacial score (nSPS) is 14.0. The molecule has 1 fully saturated rings. The maximum atomic E-state index is 13.4. The highest BCUT2D eigenvalue weighted by atomic mass is 19.4. The van der Waals surface area contributed by atoms with Crippen molar-refractivity contribution in [1.29, 1.82) is 0 Å². The summed E-state index contributed by atoms with van der Waals surface area (Å²) < 4.78 is 51.0. The van der Waals surface area contributed by atoms with E-state index in [2.05, 4.69) is 11.8 Å².